The van der Waals surface area contributed by atoms with Gasteiger partial charge in [-0.15, -0.1) is 0 Å². The second kappa shape index (κ2) is 7.74. The van der Waals surface area contributed by atoms with Crippen LogP contribution in [0.2, 0.25) is 0 Å². The van der Waals surface area contributed by atoms with E-state index in [1.165, 1.54) is 11.1 Å². The number of nitrogens with zero attached hydrogens (tertiary/aromatic N) is 2. The van der Waals surface area contributed by atoms with Crippen LogP contribution in [-0.2, 0) is 13.1 Å². The van der Waals surface area contributed by atoms with Crippen LogP contribution in [0.25, 0.3) is 0 Å². The van der Waals surface area contributed by atoms with Crippen LogP contribution >= 0.6 is 11.3 Å². The van der Waals surface area contributed by atoms with Gasteiger partial charge in [-0.2, -0.15) is 11.3 Å². The number of fused-ring (bicyclic) bond motifs is 1. The highest BCUT2D eigenvalue weighted by atomic mass is 32.1. The molecule has 0 unspecified atom stereocenters. The molecular weight excluding hydrogens is 336 g/mol. The van der Waals surface area contributed by atoms with Crippen molar-refractivity contribution in [2.24, 2.45) is 0 Å². The van der Waals surface area contributed by atoms with Crippen LogP contribution in [0.5, 0.6) is 11.5 Å². The summed E-state index contributed by atoms with van der Waals surface area (Å²) in [6.45, 7) is 5.39. The first-order valence-corrected chi connectivity index (χ1v) is 9.73. The third-order valence-corrected chi connectivity index (χ3v) is 5.72. The largest absolute Gasteiger partial charge is 0.454 e. The minimum absolute atomic E-state index is 0.232. The summed E-state index contributed by atoms with van der Waals surface area (Å²) in [6.07, 6.45) is 0.813. The molecule has 134 valence electrons. The van der Waals surface area contributed by atoms with Crippen molar-refractivity contribution in [1.82, 2.24) is 9.80 Å². The van der Waals surface area contributed by atoms with Gasteiger partial charge in [-0.25, -0.2) is 0 Å². The second-order valence-corrected chi connectivity index (χ2v) is 7.43. The maximum atomic E-state index is 9.49. The van der Waals surface area contributed by atoms with Crippen LogP contribution in [0, 0.1) is 0 Å². The fourth-order valence-electron chi connectivity index (χ4n) is 3.71. The van der Waals surface area contributed by atoms with Gasteiger partial charge in [0.1, 0.15) is 0 Å². The van der Waals surface area contributed by atoms with Crippen LogP contribution in [0.3, 0.4) is 0 Å². The first kappa shape index (κ1) is 16.8. The van der Waals surface area contributed by atoms with E-state index in [4.69, 9.17) is 9.47 Å². The minimum Gasteiger partial charge on any atom is -0.454 e. The van der Waals surface area contributed by atoms with E-state index < -0.39 is 0 Å². The molecule has 1 N–H and O–H groups in total. The summed E-state index contributed by atoms with van der Waals surface area (Å²) in [5.74, 6) is 1.74. The summed E-state index contributed by atoms with van der Waals surface area (Å²) >= 11 is 1.74. The van der Waals surface area contributed by atoms with E-state index in [-0.39, 0.29) is 6.61 Å². The van der Waals surface area contributed by atoms with Crippen LogP contribution < -0.4 is 9.47 Å². The van der Waals surface area contributed by atoms with Crippen molar-refractivity contribution >= 4 is 11.3 Å². The Morgan fingerprint density at radius 3 is 2.96 bits per heavy atom. The number of aliphatic hydroxyl groups is 1. The molecule has 2 aliphatic rings. The normalized spacial score (nSPS) is 20.9. The molecule has 25 heavy (non-hydrogen) atoms. The predicted octanol–water partition coefficient (Wildman–Crippen LogP) is 2.55. The molecule has 1 aromatic heterocycles. The van der Waals surface area contributed by atoms with Crippen LogP contribution in [0.1, 0.15) is 17.5 Å². The lowest BCUT2D eigenvalue weighted by Gasteiger charge is -2.41. The molecule has 1 fully saturated rings. The quantitative estimate of drug-likeness (QED) is 0.858. The number of rotatable bonds is 6. The van der Waals surface area contributed by atoms with Gasteiger partial charge in [0.25, 0.3) is 0 Å². The molecule has 0 saturated carbocycles. The summed E-state index contributed by atoms with van der Waals surface area (Å²) in [5.41, 5.74) is 2.55. The number of piperazine rings is 1. The average molecular weight is 360 g/mol. The molecule has 4 rings (SSSR count). The molecule has 0 bridgehead atoms. The van der Waals surface area contributed by atoms with Crippen LogP contribution in [0.15, 0.2) is 35.0 Å². The maximum absolute atomic E-state index is 9.49. The van der Waals surface area contributed by atoms with Gasteiger partial charge < -0.3 is 14.6 Å². The Hall–Kier alpha value is -1.60. The Morgan fingerprint density at radius 1 is 1.16 bits per heavy atom. The molecule has 1 saturated heterocycles. The van der Waals surface area contributed by atoms with Crippen molar-refractivity contribution in [3.63, 3.8) is 0 Å². The molecule has 6 heteroatoms. The molecule has 0 radical (unpaired) electrons. The molecule has 0 aliphatic carbocycles. The monoisotopic (exact) mass is 360 g/mol. The zero-order chi connectivity index (χ0) is 17.1. The van der Waals surface area contributed by atoms with Crippen LogP contribution in [0.4, 0.5) is 0 Å². The third-order valence-electron chi connectivity index (χ3n) is 4.99. The van der Waals surface area contributed by atoms with E-state index in [1.807, 2.05) is 12.1 Å². The van der Waals surface area contributed by atoms with Gasteiger partial charge >= 0.3 is 0 Å². The fraction of sp³-hybridized carbons (Fsp3) is 0.474. The summed E-state index contributed by atoms with van der Waals surface area (Å²) in [4.78, 5) is 4.96. The Kier molecular flexibility index (Phi) is 5.22. The first-order valence-electron chi connectivity index (χ1n) is 8.79. The Balaban J connectivity index is 1.42. The van der Waals surface area contributed by atoms with Crippen LogP contribution in [-0.4, -0.2) is 54.0 Å². The van der Waals surface area contributed by atoms with Crippen molar-refractivity contribution in [2.75, 3.05) is 33.0 Å². The average Bonchev–Trinajstić information content (AvgIpc) is 3.29. The molecule has 1 aromatic carbocycles. The van der Waals surface area contributed by atoms with Crippen molar-refractivity contribution in [3.05, 3.63) is 46.2 Å². The van der Waals surface area contributed by atoms with Crippen molar-refractivity contribution < 1.29 is 14.6 Å². The first-order chi connectivity index (χ1) is 12.3. The number of hydrogen-bond donors (Lipinski definition) is 1. The maximum Gasteiger partial charge on any atom is 0.231 e. The summed E-state index contributed by atoms with van der Waals surface area (Å²) in [6, 6.07) is 8.68. The Bertz CT molecular complexity index is 692. The van der Waals surface area contributed by atoms with Gasteiger partial charge in [0.15, 0.2) is 11.5 Å². The zero-order valence-electron chi connectivity index (χ0n) is 14.3. The van der Waals surface area contributed by atoms with E-state index in [0.717, 1.165) is 50.6 Å². The second-order valence-electron chi connectivity index (χ2n) is 6.65. The minimum atomic E-state index is 0.232. The zero-order valence-corrected chi connectivity index (χ0v) is 15.1. The van der Waals surface area contributed by atoms with Crippen molar-refractivity contribution in [2.45, 2.75) is 25.6 Å². The third kappa shape index (κ3) is 3.82. The SMILES string of the molecule is OCC[C@@H]1CN(Cc2cccc3c2OCO3)CCN1Cc1ccsc1. The number of hydrogen-bond acceptors (Lipinski definition) is 6. The summed E-state index contributed by atoms with van der Waals surface area (Å²) in [7, 11) is 0. The predicted molar refractivity (Wildman–Crippen MR) is 98.1 cm³/mol. The summed E-state index contributed by atoms with van der Waals surface area (Å²) in [5, 5.41) is 13.8. The smallest absolute Gasteiger partial charge is 0.231 e. The fourth-order valence-corrected chi connectivity index (χ4v) is 4.36. The number of aliphatic hydroxyl groups excluding tert-OH is 1. The molecule has 0 amide bonds. The molecule has 1 atom stereocenters. The Labute approximate surface area is 152 Å². The van der Waals surface area contributed by atoms with Crippen molar-refractivity contribution in [1.29, 1.82) is 0 Å². The van der Waals surface area contributed by atoms with Crippen molar-refractivity contribution in [3.8, 4) is 11.5 Å². The van der Waals surface area contributed by atoms with Gasteiger partial charge in [0, 0.05) is 50.9 Å². The van der Waals surface area contributed by atoms with E-state index in [0.29, 0.717) is 12.8 Å². The van der Waals surface area contributed by atoms with E-state index in [2.05, 4.69) is 32.7 Å². The molecule has 5 nitrogen and oxygen atoms in total. The number of para-hydroxylation sites is 1. The van der Waals surface area contributed by atoms with Gasteiger partial charge in [-0.05, 0) is 34.9 Å². The lowest BCUT2D eigenvalue weighted by Crippen LogP contribution is -2.52. The molecule has 2 aromatic rings. The lowest BCUT2D eigenvalue weighted by molar-refractivity contribution is 0.0496. The highest BCUT2D eigenvalue weighted by molar-refractivity contribution is 7.07. The van der Waals surface area contributed by atoms with Gasteiger partial charge in [-0.1, -0.05) is 12.1 Å². The highest BCUT2D eigenvalue weighted by Crippen LogP contribution is 2.36. The standard InChI is InChI=1S/C19H24N2O3S/c22-8-4-17-12-20(6-7-21(17)10-15-5-9-25-13-15)11-16-2-1-3-18-19(16)24-14-23-18/h1-3,5,9,13,17,22H,4,6-8,10-12,14H2/t17-/m1/s1. The topological polar surface area (TPSA) is 45.2 Å². The van der Waals surface area contributed by atoms with E-state index in [1.54, 1.807) is 11.3 Å². The number of benzene rings is 1. The molecular formula is C19H24N2O3S. The molecule has 2 aliphatic heterocycles. The number of ether oxygens (including phenoxy) is 2. The molecule has 3 heterocycles. The van der Waals surface area contributed by atoms with E-state index in [9.17, 15) is 5.11 Å². The van der Waals surface area contributed by atoms with Gasteiger partial charge in [0.05, 0.1) is 0 Å². The van der Waals surface area contributed by atoms with Gasteiger partial charge in [0.2, 0.25) is 6.79 Å². The summed E-state index contributed by atoms with van der Waals surface area (Å²) < 4.78 is 11.1. The van der Waals surface area contributed by atoms with Gasteiger partial charge in [-0.3, -0.25) is 9.80 Å². The molecule has 0 spiro atoms. The highest BCUT2D eigenvalue weighted by Gasteiger charge is 2.28. The Morgan fingerprint density at radius 2 is 2.12 bits per heavy atom. The number of thiophene rings is 1. The lowest BCUT2D eigenvalue weighted by atomic mass is 10.1. The van der Waals surface area contributed by atoms with E-state index >= 15 is 0 Å².